The minimum atomic E-state index is 0.0392. The number of carbonyl (C=O) groups excluding carboxylic acids is 1. The van der Waals surface area contributed by atoms with Gasteiger partial charge in [-0.25, -0.2) is 4.98 Å². The van der Waals surface area contributed by atoms with Crippen LogP contribution in [-0.4, -0.2) is 53.3 Å². The number of nitrogens with one attached hydrogen (secondary N) is 1. The molecule has 7 nitrogen and oxygen atoms in total. The Kier molecular flexibility index (Phi) is 5.75. The van der Waals surface area contributed by atoms with Crippen molar-refractivity contribution in [2.24, 2.45) is 5.92 Å². The van der Waals surface area contributed by atoms with Gasteiger partial charge in [-0.3, -0.25) is 9.89 Å². The number of amides is 1. The summed E-state index contributed by atoms with van der Waals surface area (Å²) in [4.78, 5) is 19.2. The summed E-state index contributed by atoms with van der Waals surface area (Å²) in [6.07, 6.45) is 3.68. The second-order valence-corrected chi connectivity index (χ2v) is 6.56. The zero-order valence-corrected chi connectivity index (χ0v) is 15.6. The molecule has 0 aliphatic carbocycles. The topological polar surface area (TPSA) is 80.3 Å². The first-order valence-electron chi connectivity index (χ1n) is 9.06. The molecule has 0 saturated carbocycles. The van der Waals surface area contributed by atoms with Crippen LogP contribution in [0.1, 0.15) is 41.8 Å². The number of piperidine rings is 1. The zero-order chi connectivity index (χ0) is 18.5. The van der Waals surface area contributed by atoms with Gasteiger partial charge in [0.25, 0.3) is 5.91 Å². The predicted molar refractivity (Wildman–Crippen MR) is 97.6 cm³/mol. The van der Waals surface area contributed by atoms with Crippen molar-refractivity contribution in [3.05, 3.63) is 35.4 Å². The van der Waals surface area contributed by atoms with Crippen molar-refractivity contribution in [3.8, 4) is 11.5 Å². The van der Waals surface area contributed by atoms with E-state index >= 15 is 0 Å². The van der Waals surface area contributed by atoms with Gasteiger partial charge >= 0.3 is 0 Å². The highest BCUT2D eigenvalue weighted by molar-refractivity contribution is 5.95. The van der Waals surface area contributed by atoms with Gasteiger partial charge < -0.3 is 14.4 Å². The van der Waals surface area contributed by atoms with Crippen molar-refractivity contribution in [1.29, 1.82) is 0 Å². The Hall–Kier alpha value is -2.57. The van der Waals surface area contributed by atoms with Crippen LogP contribution < -0.4 is 9.47 Å². The first-order valence-corrected chi connectivity index (χ1v) is 9.06. The Morgan fingerprint density at radius 2 is 1.96 bits per heavy atom. The number of aryl methyl sites for hydroxylation is 1. The van der Waals surface area contributed by atoms with E-state index in [2.05, 4.69) is 15.2 Å². The third kappa shape index (κ3) is 3.98. The third-order valence-electron chi connectivity index (χ3n) is 4.91. The summed E-state index contributed by atoms with van der Waals surface area (Å²) in [6, 6.07) is 5.30. The summed E-state index contributed by atoms with van der Waals surface area (Å²) < 4.78 is 10.5. The van der Waals surface area contributed by atoms with Gasteiger partial charge in [0.2, 0.25) is 0 Å². The van der Waals surface area contributed by atoms with Gasteiger partial charge in [-0.15, -0.1) is 0 Å². The standard InChI is InChI=1S/C19H26N4O3/c1-4-17-20-18(22-21-17)11-13-7-9-23(10-8-13)19(24)14-5-6-15(25-2)16(12-14)26-3/h5-6,12-13H,4,7-11H2,1-3H3,(H,20,21,22). The minimum Gasteiger partial charge on any atom is -0.493 e. The molecule has 0 bridgehead atoms. The molecule has 0 atom stereocenters. The fraction of sp³-hybridized carbons (Fsp3) is 0.526. The van der Waals surface area contributed by atoms with E-state index in [1.54, 1.807) is 32.4 Å². The minimum absolute atomic E-state index is 0.0392. The van der Waals surface area contributed by atoms with Crippen molar-refractivity contribution in [2.45, 2.75) is 32.6 Å². The molecule has 1 amide bonds. The molecule has 1 aromatic heterocycles. The Bertz CT molecular complexity index is 751. The molecule has 7 heteroatoms. The van der Waals surface area contributed by atoms with Gasteiger partial charge in [0, 0.05) is 31.5 Å². The number of hydrogen-bond acceptors (Lipinski definition) is 5. The summed E-state index contributed by atoms with van der Waals surface area (Å²) in [5.74, 6) is 3.58. The normalized spacial score (nSPS) is 15.1. The Morgan fingerprint density at radius 3 is 2.58 bits per heavy atom. The average molecular weight is 358 g/mol. The number of hydrogen-bond donors (Lipinski definition) is 1. The predicted octanol–water partition coefficient (Wildman–Crippen LogP) is 2.48. The van der Waals surface area contributed by atoms with E-state index in [9.17, 15) is 4.79 Å². The number of likely N-dealkylation sites (tertiary alicyclic amines) is 1. The van der Waals surface area contributed by atoms with Crippen molar-refractivity contribution >= 4 is 5.91 Å². The smallest absolute Gasteiger partial charge is 0.253 e. The molecule has 2 aromatic rings. The summed E-state index contributed by atoms with van der Waals surface area (Å²) >= 11 is 0. The van der Waals surface area contributed by atoms with Crippen LogP contribution in [0.2, 0.25) is 0 Å². The number of H-pyrrole nitrogens is 1. The summed E-state index contributed by atoms with van der Waals surface area (Å²) in [5, 5.41) is 7.21. The molecule has 140 valence electrons. The first-order chi connectivity index (χ1) is 12.6. The number of aromatic amines is 1. The molecule has 0 unspecified atom stereocenters. The van der Waals surface area contributed by atoms with Crippen LogP contribution in [0.3, 0.4) is 0 Å². The summed E-state index contributed by atoms with van der Waals surface area (Å²) in [5.41, 5.74) is 0.629. The van der Waals surface area contributed by atoms with E-state index in [4.69, 9.17) is 9.47 Å². The third-order valence-corrected chi connectivity index (χ3v) is 4.91. The highest BCUT2D eigenvalue weighted by atomic mass is 16.5. The van der Waals surface area contributed by atoms with Gasteiger partial charge in [0.05, 0.1) is 14.2 Å². The Balaban J connectivity index is 1.58. The lowest BCUT2D eigenvalue weighted by Crippen LogP contribution is -2.39. The van der Waals surface area contributed by atoms with E-state index in [1.807, 2.05) is 11.8 Å². The van der Waals surface area contributed by atoms with Crippen LogP contribution in [-0.2, 0) is 12.8 Å². The quantitative estimate of drug-likeness (QED) is 0.858. The van der Waals surface area contributed by atoms with Crippen LogP contribution in [0.5, 0.6) is 11.5 Å². The molecular weight excluding hydrogens is 332 g/mol. The molecule has 26 heavy (non-hydrogen) atoms. The maximum absolute atomic E-state index is 12.8. The monoisotopic (exact) mass is 358 g/mol. The number of carbonyl (C=O) groups is 1. The van der Waals surface area contributed by atoms with Crippen LogP contribution in [0, 0.1) is 5.92 Å². The van der Waals surface area contributed by atoms with Crippen molar-refractivity contribution in [1.82, 2.24) is 20.1 Å². The molecule has 2 heterocycles. The molecule has 1 aliphatic rings. The van der Waals surface area contributed by atoms with E-state index in [0.717, 1.165) is 50.4 Å². The van der Waals surface area contributed by atoms with Crippen LogP contribution in [0.15, 0.2) is 18.2 Å². The lowest BCUT2D eigenvalue weighted by molar-refractivity contribution is 0.0689. The van der Waals surface area contributed by atoms with Gasteiger partial charge in [-0.05, 0) is 37.0 Å². The summed E-state index contributed by atoms with van der Waals surface area (Å²) in [6.45, 7) is 3.56. The number of nitrogens with zero attached hydrogens (tertiary/aromatic N) is 3. The highest BCUT2D eigenvalue weighted by Gasteiger charge is 2.25. The largest absolute Gasteiger partial charge is 0.493 e. The van der Waals surface area contributed by atoms with Gasteiger partial charge in [-0.1, -0.05) is 6.92 Å². The van der Waals surface area contributed by atoms with Crippen LogP contribution >= 0.6 is 0 Å². The summed E-state index contributed by atoms with van der Waals surface area (Å²) in [7, 11) is 3.16. The fourth-order valence-electron chi connectivity index (χ4n) is 3.35. The second-order valence-electron chi connectivity index (χ2n) is 6.56. The van der Waals surface area contributed by atoms with E-state index in [-0.39, 0.29) is 5.91 Å². The Labute approximate surface area is 153 Å². The number of ether oxygens (including phenoxy) is 2. The lowest BCUT2D eigenvalue weighted by Gasteiger charge is -2.31. The van der Waals surface area contributed by atoms with Crippen molar-refractivity contribution in [2.75, 3.05) is 27.3 Å². The van der Waals surface area contributed by atoms with Gasteiger partial charge in [-0.2, -0.15) is 5.10 Å². The molecule has 1 N–H and O–H groups in total. The molecular formula is C19H26N4O3. The molecule has 1 fully saturated rings. The zero-order valence-electron chi connectivity index (χ0n) is 15.6. The van der Waals surface area contributed by atoms with E-state index in [0.29, 0.717) is 23.0 Å². The molecule has 0 radical (unpaired) electrons. The highest BCUT2D eigenvalue weighted by Crippen LogP contribution is 2.29. The van der Waals surface area contributed by atoms with Crippen LogP contribution in [0.25, 0.3) is 0 Å². The SMILES string of the molecule is CCc1n[nH]c(CC2CCN(C(=O)c3ccc(OC)c(OC)c3)CC2)n1. The maximum Gasteiger partial charge on any atom is 0.253 e. The second kappa shape index (κ2) is 8.21. The van der Waals surface area contributed by atoms with Crippen LogP contribution in [0.4, 0.5) is 0 Å². The first kappa shape index (κ1) is 18.2. The molecule has 3 rings (SSSR count). The fourth-order valence-corrected chi connectivity index (χ4v) is 3.35. The number of benzene rings is 1. The van der Waals surface area contributed by atoms with Crippen molar-refractivity contribution in [3.63, 3.8) is 0 Å². The van der Waals surface area contributed by atoms with E-state index < -0.39 is 0 Å². The average Bonchev–Trinajstić information content (AvgIpc) is 3.15. The molecule has 1 aliphatic heterocycles. The molecule has 1 aromatic carbocycles. The maximum atomic E-state index is 12.8. The molecule has 1 saturated heterocycles. The Morgan fingerprint density at radius 1 is 1.23 bits per heavy atom. The molecule has 0 spiro atoms. The van der Waals surface area contributed by atoms with E-state index in [1.165, 1.54) is 0 Å². The lowest BCUT2D eigenvalue weighted by atomic mass is 9.93. The number of aromatic nitrogens is 3. The van der Waals surface area contributed by atoms with Crippen molar-refractivity contribution < 1.29 is 14.3 Å². The van der Waals surface area contributed by atoms with Gasteiger partial charge in [0.15, 0.2) is 11.5 Å². The van der Waals surface area contributed by atoms with Gasteiger partial charge in [0.1, 0.15) is 11.6 Å². The number of rotatable bonds is 6. The number of methoxy groups -OCH3 is 2.